The maximum absolute atomic E-state index is 3.61. The molecule has 0 aromatic heterocycles. The second kappa shape index (κ2) is 7.64. The van der Waals surface area contributed by atoms with E-state index >= 15 is 0 Å². The Morgan fingerprint density at radius 2 is 1.74 bits per heavy atom. The number of nitrogens with zero attached hydrogens (tertiary/aromatic N) is 1. The van der Waals surface area contributed by atoms with Gasteiger partial charge in [0.1, 0.15) is 0 Å². The smallest absolute Gasteiger partial charge is 0.00472 e. The molecule has 2 aliphatic carbocycles. The molecule has 2 fully saturated rings. The minimum Gasteiger partial charge on any atom is -0.316 e. The van der Waals surface area contributed by atoms with Crippen LogP contribution in [0.3, 0.4) is 0 Å². The van der Waals surface area contributed by atoms with Gasteiger partial charge in [0.25, 0.3) is 0 Å². The van der Waals surface area contributed by atoms with Crippen LogP contribution in [0.2, 0.25) is 0 Å². The van der Waals surface area contributed by atoms with Crippen molar-refractivity contribution in [3.63, 3.8) is 0 Å². The molecule has 0 bridgehead atoms. The van der Waals surface area contributed by atoms with Gasteiger partial charge in [-0.25, -0.2) is 0 Å². The molecule has 0 aromatic carbocycles. The SMILES string of the molecule is CCNCC1(CN(C)CC2CCCCC2)CCCC1. The number of hydrogen-bond donors (Lipinski definition) is 1. The average Bonchev–Trinajstić information content (AvgIpc) is 2.86. The third-order valence-electron chi connectivity index (χ3n) is 5.31. The van der Waals surface area contributed by atoms with Crippen LogP contribution in [0.5, 0.6) is 0 Å². The Kier molecular flexibility index (Phi) is 6.15. The summed E-state index contributed by atoms with van der Waals surface area (Å²) in [7, 11) is 2.36. The molecule has 0 saturated heterocycles. The summed E-state index contributed by atoms with van der Waals surface area (Å²) in [6, 6.07) is 0. The van der Waals surface area contributed by atoms with Crippen LogP contribution in [0.1, 0.15) is 64.7 Å². The number of rotatable bonds is 7. The molecule has 2 nitrogen and oxygen atoms in total. The summed E-state index contributed by atoms with van der Waals surface area (Å²) in [5, 5.41) is 3.61. The van der Waals surface area contributed by atoms with Gasteiger partial charge in [0.05, 0.1) is 0 Å². The highest BCUT2D eigenvalue weighted by Gasteiger charge is 2.34. The third kappa shape index (κ3) is 4.75. The molecule has 0 unspecified atom stereocenters. The summed E-state index contributed by atoms with van der Waals surface area (Å²) in [5.41, 5.74) is 0.583. The highest BCUT2D eigenvalue weighted by molar-refractivity contribution is 4.89. The third-order valence-corrected chi connectivity index (χ3v) is 5.31. The van der Waals surface area contributed by atoms with Gasteiger partial charge in [0.2, 0.25) is 0 Å². The molecule has 0 spiro atoms. The lowest BCUT2D eigenvalue weighted by molar-refractivity contribution is 0.145. The molecule has 2 rings (SSSR count). The van der Waals surface area contributed by atoms with Gasteiger partial charge in [-0.15, -0.1) is 0 Å². The first kappa shape index (κ1) is 15.3. The summed E-state index contributed by atoms with van der Waals surface area (Å²) in [6.45, 7) is 7.24. The van der Waals surface area contributed by atoms with E-state index in [0.717, 1.165) is 12.5 Å². The van der Waals surface area contributed by atoms with Gasteiger partial charge < -0.3 is 10.2 Å². The van der Waals surface area contributed by atoms with Gasteiger partial charge in [0.15, 0.2) is 0 Å². The van der Waals surface area contributed by atoms with Gasteiger partial charge in [-0.3, -0.25) is 0 Å². The molecular formula is C17H34N2. The van der Waals surface area contributed by atoms with E-state index in [9.17, 15) is 0 Å². The Bertz CT molecular complexity index is 240. The Morgan fingerprint density at radius 1 is 1.05 bits per heavy atom. The topological polar surface area (TPSA) is 15.3 Å². The summed E-state index contributed by atoms with van der Waals surface area (Å²) < 4.78 is 0. The van der Waals surface area contributed by atoms with E-state index in [2.05, 4.69) is 24.2 Å². The van der Waals surface area contributed by atoms with Crippen LogP contribution in [0.15, 0.2) is 0 Å². The molecule has 2 heteroatoms. The Balaban J connectivity index is 1.78. The number of hydrogen-bond acceptors (Lipinski definition) is 2. The summed E-state index contributed by atoms with van der Waals surface area (Å²) in [5.74, 6) is 0.983. The van der Waals surface area contributed by atoms with Crippen molar-refractivity contribution in [3.05, 3.63) is 0 Å². The molecule has 0 heterocycles. The zero-order valence-electron chi connectivity index (χ0n) is 13.2. The van der Waals surface area contributed by atoms with E-state index in [1.54, 1.807) is 0 Å². The van der Waals surface area contributed by atoms with E-state index in [-0.39, 0.29) is 0 Å². The van der Waals surface area contributed by atoms with Crippen LogP contribution >= 0.6 is 0 Å². The van der Waals surface area contributed by atoms with Gasteiger partial charge in [-0.2, -0.15) is 0 Å². The Labute approximate surface area is 120 Å². The van der Waals surface area contributed by atoms with Crippen LogP contribution < -0.4 is 5.32 Å². The predicted octanol–water partition coefficient (Wildman–Crippen LogP) is 3.67. The molecule has 2 saturated carbocycles. The fourth-order valence-corrected chi connectivity index (χ4v) is 4.35. The summed E-state index contributed by atoms with van der Waals surface area (Å²) >= 11 is 0. The van der Waals surface area contributed by atoms with Crippen molar-refractivity contribution < 1.29 is 0 Å². The van der Waals surface area contributed by atoms with Crippen molar-refractivity contribution in [2.75, 3.05) is 33.2 Å². The molecule has 112 valence electrons. The molecule has 0 amide bonds. The standard InChI is InChI=1S/C17H34N2/c1-3-18-14-17(11-7-8-12-17)15-19(2)13-16-9-5-4-6-10-16/h16,18H,3-15H2,1-2H3. The minimum atomic E-state index is 0.583. The largest absolute Gasteiger partial charge is 0.316 e. The van der Waals surface area contributed by atoms with Crippen LogP contribution in [0, 0.1) is 11.3 Å². The van der Waals surface area contributed by atoms with Gasteiger partial charge in [0, 0.05) is 19.6 Å². The lowest BCUT2D eigenvalue weighted by Gasteiger charge is -2.36. The van der Waals surface area contributed by atoms with E-state index < -0.39 is 0 Å². The Morgan fingerprint density at radius 3 is 2.37 bits per heavy atom. The zero-order chi connectivity index (χ0) is 13.6. The van der Waals surface area contributed by atoms with Crippen molar-refractivity contribution in [1.82, 2.24) is 10.2 Å². The molecule has 1 N–H and O–H groups in total. The molecule has 19 heavy (non-hydrogen) atoms. The van der Waals surface area contributed by atoms with Crippen molar-refractivity contribution in [2.45, 2.75) is 64.7 Å². The van der Waals surface area contributed by atoms with E-state index in [4.69, 9.17) is 0 Å². The highest BCUT2D eigenvalue weighted by atomic mass is 15.1. The maximum Gasteiger partial charge on any atom is 0.00472 e. The van der Waals surface area contributed by atoms with Gasteiger partial charge in [-0.1, -0.05) is 39.0 Å². The van der Waals surface area contributed by atoms with Crippen LogP contribution in [0.4, 0.5) is 0 Å². The highest BCUT2D eigenvalue weighted by Crippen LogP contribution is 2.38. The second-order valence-corrected chi connectivity index (χ2v) is 7.19. The van der Waals surface area contributed by atoms with Crippen molar-refractivity contribution in [3.8, 4) is 0 Å². The van der Waals surface area contributed by atoms with Crippen LogP contribution in [-0.2, 0) is 0 Å². The quantitative estimate of drug-likeness (QED) is 0.756. The van der Waals surface area contributed by atoms with E-state index in [1.807, 2.05) is 0 Å². The maximum atomic E-state index is 3.61. The first-order valence-electron chi connectivity index (χ1n) is 8.63. The first-order valence-corrected chi connectivity index (χ1v) is 8.63. The molecule has 0 aromatic rings. The Hall–Kier alpha value is -0.0800. The fourth-order valence-electron chi connectivity index (χ4n) is 4.35. The van der Waals surface area contributed by atoms with E-state index in [0.29, 0.717) is 5.41 Å². The summed E-state index contributed by atoms with van der Waals surface area (Å²) in [6.07, 6.45) is 13.1. The zero-order valence-corrected chi connectivity index (χ0v) is 13.2. The van der Waals surface area contributed by atoms with Crippen LogP contribution in [0.25, 0.3) is 0 Å². The van der Waals surface area contributed by atoms with Crippen molar-refractivity contribution in [1.29, 1.82) is 0 Å². The first-order chi connectivity index (χ1) is 9.24. The molecule has 0 atom stereocenters. The van der Waals surface area contributed by atoms with Gasteiger partial charge >= 0.3 is 0 Å². The second-order valence-electron chi connectivity index (χ2n) is 7.19. The van der Waals surface area contributed by atoms with Crippen molar-refractivity contribution in [2.24, 2.45) is 11.3 Å². The summed E-state index contributed by atoms with van der Waals surface area (Å²) in [4.78, 5) is 2.65. The van der Waals surface area contributed by atoms with Crippen LogP contribution in [-0.4, -0.2) is 38.1 Å². The van der Waals surface area contributed by atoms with Gasteiger partial charge in [-0.05, 0) is 50.6 Å². The molecule has 0 aliphatic heterocycles. The number of nitrogens with one attached hydrogen (secondary N) is 1. The fraction of sp³-hybridized carbons (Fsp3) is 1.00. The lowest BCUT2D eigenvalue weighted by Crippen LogP contribution is -2.42. The monoisotopic (exact) mass is 266 g/mol. The predicted molar refractivity (Wildman–Crippen MR) is 83.5 cm³/mol. The molecular weight excluding hydrogens is 232 g/mol. The van der Waals surface area contributed by atoms with E-state index in [1.165, 1.54) is 77.4 Å². The average molecular weight is 266 g/mol. The lowest BCUT2D eigenvalue weighted by atomic mass is 9.84. The molecule has 2 aliphatic rings. The normalized spacial score (nSPS) is 24.2. The minimum absolute atomic E-state index is 0.583. The molecule has 0 radical (unpaired) electrons. The van der Waals surface area contributed by atoms with Crippen molar-refractivity contribution >= 4 is 0 Å².